The van der Waals surface area contributed by atoms with Crippen LogP contribution in [0, 0.1) is 58.2 Å². The lowest BCUT2D eigenvalue weighted by Crippen LogP contribution is -2.64. The number of aliphatic hydroxyl groups excluding tert-OH is 3. The summed E-state index contributed by atoms with van der Waals surface area (Å²) in [6.45, 7) is 11.4. The van der Waals surface area contributed by atoms with Gasteiger partial charge < -0.3 is 20.4 Å². The first-order valence-electron chi connectivity index (χ1n) is 13.7. The summed E-state index contributed by atoms with van der Waals surface area (Å²) in [5, 5.41) is 43.5. The molecule has 0 aromatic carbocycles. The van der Waals surface area contributed by atoms with E-state index >= 15 is 0 Å². The van der Waals surface area contributed by atoms with Crippen molar-refractivity contribution in [3.63, 3.8) is 0 Å². The van der Waals surface area contributed by atoms with Gasteiger partial charge >= 0.3 is 5.97 Å². The molecule has 33 heavy (non-hydrogen) atoms. The summed E-state index contributed by atoms with van der Waals surface area (Å²) in [5.74, 6) is 0.285. The standard InChI is InChI=1S/C28H48O5/c1-15(2)7-6-8-16(3)17-9-10-18-24-20(14-23(31)28(17,18)5)27(4)12-11-21(29)25(26(32)33)19(27)13-22(24)30/h15-25,29-31H,6-14H2,1-5H3,(H,32,33)/t16-,17-,18+,19+,20+,21-,22-,23+,24+,25-,27+,28-/m1/s1. The van der Waals surface area contributed by atoms with E-state index in [4.69, 9.17) is 0 Å². The summed E-state index contributed by atoms with van der Waals surface area (Å²) >= 11 is 0. The normalized spacial score (nSPS) is 50.4. The Hall–Kier alpha value is -0.650. The van der Waals surface area contributed by atoms with Crippen LogP contribution in [0.15, 0.2) is 0 Å². The molecule has 0 unspecified atom stereocenters. The van der Waals surface area contributed by atoms with Crippen LogP contribution in [0.3, 0.4) is 0 Å². The van der Waals surface area contributed by atoms with Crippen molar-refractivity contribution < 1.29 is 25.2 Å². The smallest absolute Gasteiger partial charge is 0.309 e. The molecule has 5 nitrogen and oxygen atoms in total. The molecule has 0 saturated heterocycles. The highest BCUT2D eigenvalue weighted by Crippen LogP contribution is 2.69. The minimum absolute atomic E-state index is 0.115. The number of carboxylic acids is 1. The van der Waals surface area contributed by atoms with E-state index in [2.05, 4.69) is 34.6 Å². The topological polar surface area (TPSA) is 98.0 Å². The van der Waals surface area contributed by atoms with E-state index in [0.717, 1.165) is 25.2 Å². The number of carboxylic acid groups (broad SMARTS) is 1. The van der Waals surface area contributed by atoms with Crippen LogP contribution in [0.4, 0.5) is 0 Å². The summed E-state index contributed by atoms with van der Waals surface area (Å²) in [4.78, 5) is 12.1. The first-order chi connectivity index (χ1) is 15.4. The predicted molar refractivity (Wildman–Crippen MR) is 128 cm³/mol. The van der Waals surface area contributed by atoms with Gasteiger partial charge in [-0.2, -0.15) is 0 Å². The molecule has 190 valence electrons. The Morgan fingerprint density at radius 2 is 1.61 bits per heavy atom. The molecule has 5 heteroatoms. The van der Waals surface area contributed by atoms with Gasteiger partial charge in [0.2, 0.25) is 0 Å². The first-order valence-corrected chi connectivity index (χ1v) is 13.7. The summed E-state index contributed by atoms with van der Waals surface area (Å²) in [6.07, 6.45) is 6.44. The Labute approximate surface area is 200 Å². The van der Waals surface area contributed by atoms with Crippen molar-refractivity contribution in [2.24, 2.45) is 58.2 Å². The highest BCUT2D eigenvalue weighted by atomic mass is 16.4. The van der Waals surface area contributed by atoms with E-state index < -0.39 is 30.2 Å². The molecule has 0 heterocycles. The van der Waals surface area contributed by atoms with Crippen LogP contribution in [-0.2, 0) is 4.79 Å². The second kappa shape index (κ2) is 9.09. The van der Waals surface area contributed by atoms with Gasteiger partial charge in [-0.3, -0.25) is 4.79 Å². The van der Waals surface area contributed by atoms with Crippen LogP contribution in [0.1, 0.15) is 92.4 Å². The van der Waals surface area contributed by atoms with Gasteiger partial charge in [-0.05, 0) is 90.8 Å². The number of aliphatic carboxylic acids is 1. The number of hydrogen-bond donors (Lipinski definition) is 4. The molecule has 0 radical (unpaired) electrons. The molecule has 0 aromatic rings. The molecular weight excluding hydrogens is 416 g/mol. The molecule has 0 aliphatic heterocycles. The van der Waals surface area contributed by atoms with Gasteiger partial charge in [0.1, 0.15) is 0 Å². The van der Waals surface area contributed by atoms with Crippen LogP contribution in [0.2, 0.25) is 0 Å². The minimum atomic E-state index is -0.943. The lowest BCUT2D eigenvalue weighted by molar-refractivity contribution is -0.221. The Balaban J connectivity index is 1.60. The quantitative estimate of drug-likeness (QED) is 0.456. The third-order valence-electron chi connectivity index (χ3n) is 11.4. The molecule has 0 aromatic heterocycles. The maximum absolute atomic E-state index is 12.1. The Bertz CT molecular complexity index is 723. The van der Waals surface area contributed by atoms with Crippen molar-refractivity contribution in [1.29, 1.82) is 0 Å². The number of fused-ring (bicyclic) bond motifs is 5. The second-order valence-corrected chi connectivity index (χ2v) is 13.3. The van der Waals surface area contributed by atoms with E-state index in [9.17, 15) is 25.2 Å². The fraction of sp³-hybridized carbons (Fsp3) is 0.964. The molecule has 4 rings (SSSR count). The predicted octanol–water partition coefficient (Wildman–Crippen LogP) is 4.72. The van der Waals surface area contributed by atoms with E-state index in [1.54, 1.807) is 0 Å². The highest BCUT2D eigenvalue weighted by Gasteiger charge is 2.67. The van der Waals surface area contributed by atoms with E-state index in [-0.39, 0.29) is 34.5 Å². The highest BCUT2D eigenvalue weighted by molar-refractivity contribution is 5.71. The third kappa shape index (κ3) is 3.98. The summed E-state index contributed by atoms with van der Waals surface area (Å²) in [5.41, 5.74) is -0.432. The Morgan fingerprint density at radius 3 is 2.24 bits per heavy atom. The van der Waals surface area contributed by atoms with Crippen molar-refractivity contribution >= 4 is 5.97 Å². The first kappa shape index (κ1) is 25.4. The van der Waals surface area contributed by atoms with Crippen molar-refractivity contribution in [3.05, 3.63) is 0 Å². The largest absolute Gasteiger partial charge is 0.481 e. The number of hydrogen-bond acceptors (Lipinski definition) is 4. The maximum Gasteiger partial charge on any atom is 0.309 e. The lowest BCUT2D eigenvalue weighted by Gasteiger charge is -2.64. The number of carbonyl (C=O) groups is 1. The molecule has 0 spiro atoms. The molecule has 0 amide bonds. The van der Waals surface area contributed by atoms with Crippen LogP contribution >= 0.6 is 0 Å². The molecule has 4 N–H and O–H groups in total. The summed E-state index contributed by atoms with van der Waals surface area (Å²) in [6, 6.07) is 0. The van der Waals surface area contributed by atoms with E-state index in [1.165, 1.54) is 19.3 Å². The fourth-order valence-electron chi connectivity index (χ4n) is 9.61. The van der Waals surface area contributed by atoms with Gasteiger partial charge in [-0.25, -0.2) is 0 Å². The Morgan fingerprint density at radius 1 is 0.909 bits per heavy atom. The van der Waals surface area contributed by atoms with Gasteiger partial charge in [0.15, 0.2) is 0 Å². The number of aliphatic hydroxyl groups is 3. The van der Waals surface area contributed by atoms with Crippen LogP contribution in [0.25, 0.3) is 0 Å². The minimum Gasteiger partial charge on any atom is -0.481 e. The fourth-order valence-corrected chi connectivity index (χ4v) is 9.61. The molecular formula is C28H48O5. The monoisotopic (exact) mass is 464 g/mol. The summed E-state index contributed by atoms with van der Waals surface area (Å²) in [7, 11) is 0. The van der Waals surface area contributed by atoms with E-state index in [0.29, 0.717) is 31.1 Å². The molecule has 0 bridgehead atoms. The van der Waals surface area contributed by atoms with Crippen LogP contribution in [0.5, 0.6) is 0 Å². The number of rotatable bonds is 6. The van der Waals surface area contributed by atoms with Crippen molar-refractivity contribution in [2.75, 3.05) is 0 Å². The average molecular weight is 465 g/mol. The molecule has 4 saturated carbocycles. The van der Waals surface area contributed by atoms with Crippen molar-refractivity contribution in [3.8, 4) is 0 Å². The van der Waals surface area contributed by atoms with Gasteiger partial charge in [-0.15, -0.1) is 0 Å². The van der Waals surface area contributed by atoms with Gasteiger partial charge in [0, 0.05) is 0 Å². The third-order valence-corrected chi connectivity index (χ3v) is 11.4. The van der Waals surface area contributed by atoms with Gasteiger partial charge in [-0.1, -0.05) is 53.9 Å². The Kier molecular flexibility index (Phi) is 7.01. The SMILES string of the molecule is CC(C)CCC[C@@H](C)[C@H]1CC[C@H]2[C@@H]3[C@H](O)C[C@H]4[C@@H](C(=O)O)[C@H](O)CC[C@]4(C)[C@H]3C[C@H](O)[C@]12C. The van der Waals surface area contributed by atoms with Crippen molar-refractivity contribution in [1.82, 2.24) is 0 Å². The summed E-state index contributed by atoms with van der Waals surface area (Å²) < 4.78 is 0. The molecule has 4 aliphatic rings. The van der Waals surface area contributed by atoms with Crippen LogP contribution < -0.4 is 0 Å². The second-order valence-electron chi connectivity index (χ2n) is 13.3. The van der Waals surface area contributed by atoms with Gasteiger partial charge in [0.25, 0.3) is 0 Å². The van der Waals surface area contributed by atoms with Gasteiger partial charge in [0.05, 0.1) is 24.2 Å². The maximum atomic E-state index is 12.1. The molecule has 12 atom stereocenters. The lowest BCUT2D eigenvalue weighted by atomic mass is 9.41. The zero-order chi connectivity index (χ0) is 24.3. The average Bonchev–Trinajstić information content (AvgIpc) is 3.08. The van der Waals surface area contributed by atoms with Crippen molar-refractivity contribution in [2.45, 2.75) is 111 Å². The molecule has 4 aliphatic carbocycles. The molecule has 4 fully saturated rings. The van der Waals surface area contributed by atoms with E-state index in [1.807, 2.05) is 0 Å². The zero-order valence-electron chi connectivity index (χ0n) is 21.4. The van der Waals surface area contributed by atoms with Crippen LogP contribution in [-0.4, -0.2) is 44.7 Å². The zero-order valence-corrected chi connectivity index (χ0v) is 21.4.